The van der Waals surface area contributed by atoms with Gasteiger partial charge in [0.2, 0.25) is 0 Å². The smallest absolute Gasteiger partial charge is 0.0320 e. The van der Waals surface area contributed by atoms with Gasteiger partial charge in [0.25, 0.3) is 0 Å². The first-order chi connectivity index (χ1) is 9.72. The van der Waals surface area contributed by atoms with Gasteiger partial charge in [0.15, 0.2) is 0 Å². The summed E-state index contributed by atoms with van der Waals surface area (Å²) in [6.07, 6.45) is 2.61. The highest BCUT2D eigenvalue weighted by molar-refractivity contribution is 5.67. The maximum absolute atomic E-state index is 5.85. The lowest BCUT2D eigenvalue weighted by Crippen LogP contribution is -2.30. The minimum absolute atomic E-state index is 0.684. The number of hydrogen-bond acceptors (Lipinski definition) is 2. The van der Waals surface area contributed by atoms with Crippen molar-refractivity contribution in [2.24, 2.45) is 0 Å². The highest BCUT2D eigenvalue weighted by Crippen LogP contribution is 2.28. The van der Waals surface area contributed by atoms with Crippen LogP contribution in [0.25, 0.3) is 11.1 Å². The van der Waals surface area contributed by atoms with E-state index in [-0.39, 0.29) is 0 Å². The standard InChI is InChI=1S/C18H22N2/c1-20-11-3-5-17(13-20)15-9-7-14(8-10-15)16-4-2-6-18(19)12-16/h2,4,6-10,12,17H,3,5,11,13,19H2,1H3. The third kappa shape index (κ3) is 2.86. The minimum Gasteiger partial charge on any atom is -0.399 e. The Kier molecular flexibility index (Phi) is 3.75. The largest absolute Gasteiger partial charge is 0.399 e. The highest BCUT2D eigenvalue weighted by atomic mass is 15.1. The number of nitrogens with two attached hydrogens (primary N) is 1. The molecule has 3 rings (SSSR count). The van der Waals surface area contributed by atoms with Gasteiger partial charge in [-0.3, -0.25) is 0 Å². The Morgan fingerprint density at radius 2 is 1.85 bits per heavy atom. The van der Waals surface area contributed by atoms with Crippen molar-refractivity contribution < 1.29 is 0 Å². The molecule has 0 spiro atoms. The average Bonchev–Trinajstić information content (AvgIpc) is 2.47. The van der Waals surface area contributed by atoms with Gasteiger partial charge in [-0.2, -0.15) is 0 Å². The van der Waals surface area contributed by atoms with E-state index in [0.29, 0.717) is 5.92 Å². The van der Waals surface area contributed by atoms with Gasteiger partial charge in [0, 0.05) is 12.2 Å². The van der Waals surface area contributed by atoms with E-state index in [9.17, 15) is 0 Å². The van der Waals surface area contributed by atoms with Crippen molar-refractivity contribution in [3.8, 4) is 11.1 Å². The van der Waals surface area contributed by atoms with Gasteiger partial charge in [0.1, 0.15) is 0 Å². The second-order valence-corrected chi connectivity index (χ2v) is 5.85. The first kappa shape index (κ1) is 13.2. The molecular formula is C18H22N2. The first-order valence-electron chi connectivity index (χ1n) is 7.37. The van der Waals surface area contributed by atoms with Gasteiger partial charge in [-0.05, 0) is 61.2 Å². The molecule has 0 saturated carbocycles. The molecule has 0 bridgehead atoms. The molecule has 0 aromatic heterocycles. The van der Waals surface area contributed by atoms with E-state index in [1.807, 2.05) is 18.2 Å². The molecule has 1 heterocycles. The Labute approximate surface area is 121 Å². The Balaban J connectivity index is 1.80. The van der Waals surface area contributed by atoms with Crippen LogP contribution in [-0.4, -0.2) is 25.0 Å². The summed E-state index contributed by atoms with van der Waals surface area (Å²) in [7, 11) is 2.22. The van der Waals surface area contributed by atoms with E-state index in [4.69, 9.17) is 5.73 Å². The lowest BCUT2D eigenvalue weighted by Gasteiger charge is -2.30. The van der Waals surface area contributed by atoms with E-state index in [0.717, 1.165) is 5.69 Å². The molecule has 0 aliphatic carbocycles. The molecule has 2 heteroatoms. The number of nitrogen functional groups attached to an aromatic ring is 1. The lowest BCUT2D eigenvalue weighted by atomic mass is 9.90. The fourth-order valence-corrected chi connectivity index (χ4v) is 3.10. The predicted molar refractivity (Wildman–Crippen MR) is 85.8 cm³/mol. The molecule has 20 heavy (non-hydrogen) atoms. The van der Waals surface area contributed by atoms with Crippen molar-refractivity contribution in [3.05, 3.63) is 54.1 Å². The molecule has 2 N–H and O–H groups in total. The Morgan fingerprint density at radius 3 is 2.55 bits per heavy atom. The van der Waals surface area contributed by atoms with Gasteiger partial charge in [-0.25, -0.2) is 0 Å². The third-order valence-corrected chi connectivity index (χ3v) is 4.23. The summed E-state index contributed by atoms with van der Waals surface area (Å²) >= 11 is 0. The number of hydrogen-bond donors (Lipinski definition) is 1. The van der Waals surface area contributed by atoms with E-state index >= 15 is 0 Å². The Hall–Kier alpha value is -1.80. The van der Waals surface area contributed by atoms with Crippen LogP contribution in [0.4, 0.5) is 5.69 Å². The van der Waals surface area contributed by atoms with E-state index in [1.54, 1.807) is 0 Å². The third-order valence-electron chi connectivity index (χ3n) is 4.23. The zero-order valence-corrected chi connectivity index (χ0v) is 12.0. The van der Waals surface area contributed by atoms with Gasteiger partial charge >= 0.3 is 0 Å². The van der Waals surface area contributed by atoms with Crippen molar-refractivity contribution in [1.82, 2.24) is 4.90 Å². The SMILES string of the molecule is CN1CCCC(c2ccc(-c3cccc(N)c3)cc2)C1. The molecule has 104 valence electrons. The average molecular weight is 266 g/mol. The molecule has 1 aliphatic heterocycles. The topological polar surface area (TPSA) is 29.3 Å². The minimum atomic E-state index is 0.684. The number of rotatable bonds is 2. The zero-order chi connectivity index (χ0) is 13.9. The van der Waals surface area contributed by atoms with Crippen molar-refractivity contribution in [1.29, 1.82) is 0 Å². The molecule has 2 aromatic carbocycles. The van der Waals surface area contributed by atoms with Crippen LogP contribution < -0.4 is 5.73 Å². The van der Waals surface area contributed by atoms with Crippen molar-refractivity contribution in [2.75, 3.05) is 25.9 Å². The van der Waals surface area contributed by atoms with Gasteiger partial charge < -0.3 is 10.6 Å². The molecule has 1 atom stereocenters. The fraction of sp³-hybridized carbons (Fsp3) is 0.333. The summed E-state index contributed by atoms with van der Waals surface area (Å²) < 4.78 is 0. The summed E-state index contributed by atoms with van der Waals surface area (Å²) in [5.74, 6) is 0.684. The van der Waals surface area contributed by atoms with Crippen LogP contribution in [0.1, 0.15) is 24.3 Å². The summed E-state index contributed by atoms with van der Waals surface area (Å²) in [4.78, 5) is 2.43. The van der Waals surface area contributed by atoms with E-state index in [1.165, 1.54) is 42.6 Å². The molecule has 1 fully saturated rings. The normalized spacial score (nSPS) is 19.9. The Bertz CT molecular complexity index is 574. The van der Waals surface area contributed by atoms with Crippen LogP contribution in [0.15, 0.2) is 48.5 Å². The number of piperidine rings is 1. The van der Waals surface area contributed by atoms with Crippen molar-refractivity contribution >= 4 is 5.69 Å². The van der Waals surface area contributed by atoms with Crippen LogP contribution >= 0.6 is 0 Å². The molecule has 0 radical (unpaired) electrons. The zero-order valence-electron chi connectivity index (χ0n) is 12.0. The first-order valence-corrected chi connectivity index (χ1v) is 7.37. The molecule has 1 unspecified atom stereocenters. The van der Waals surface area contributed by atoms with Crippen molar-refractivity contribution in [2.45, 2.75) is 18.8 Å². The molecular weight excluding hydrogens is 244 g/mol. The van der Waals surface area contributed by atoms with E-state index < -0.39 is 0 Å². The maximum atomic E-state index is 5.85. The molecule has 0 amide bonds. The maximum Gasteiger partial charge on any atom is 0.0320 e. The van der Waals surface area contributed by atoms with Gasteiger partial charge in [-0.15, -0.1) is 0 Å². The number of nitrogens with zero attached hydrogens (tertiary/aromatic N) is 1. The number of benzene rings is 2. The van der Waals surface area contributed by atoms with Gasteiger partial charge in [-0.1, -0.05) is 36.4 Å². The highest BCUT2D eigenvalue weighted by Gasteiger charge is 2.18. The Morgan fingerprint density at radius 1 is 1.05 bits per heavy atom. The summed E-state index contributed by atoms with van der Waals surface area (Å²) in [6, 6.07) is 17.1. The van der Waals surface area contributed by atoms with Gasteiger partial charge in [0.05, 0.1) is 0 Å². The second-order valence-electron chi connectivity index (χ2n) is 5.85. The monoisotopic (exact) mass is 266 g/mol. The predicted octanol–water partition coefficient (Wildman–Crippen LogP) is 3.75. The molecule has 1 saturated heterocycles. The molecule has 1 aliphatic rings. The van der Waals surface area contributed by atoms with Crippen LogP contribution in [0.3, 0.4) is 0 Å². The number of likely N-dealkylation sites (N-methyl/N-ethyl adjacent to an activating group) is 1. The summed E-state index contributed by atoms with van der Waals surface area (Å²) in [5, 5.41) is 0. The van der Waals surface area contributed by atoms with Crippen LogP contribution in [-0.2, 0) is 0 Å². The number of anilines is 1. The van der Waals surface area contributed by atoms with Crippen LogP contribution in [0.5, 0.6) is 0 Å². The lowest BCUT2D eigenvalue weighted by molar-refractivity contribution is 0.251. The number of likely N-dealkylation sites (tertiary alicyclic amines) is 1. The summed E-state index contributed by atoms with van der Waals surface area (Å²) in [5.41, 5.74) is 10.6. The van der Waals surface area contributed by atoms with E-state index in [2.05, 4.69) is 42.3 Å². The van der Waals surface area contributed by atoms with Crippen LogP contribution in [0.2, 0.25) is 0 Å². The fourth-order valence-electron chi connectivity index (χ4n) is 3.10. The molecule has 2 nitrogen and oxygen atoms in total. The van der Waals surface area contributed by atoms with Crippen molar-refractivity contribution in [3.63, 3.8) is 0 Å². The second kappa shape index (κ2) is 5.68. The van der Waals surface area contributed by atoms with Crippen LogP contribution in [0, 0.1) is 0 Å². The quantitative estimate of drug-likeness (QED) is 0.839. The summed E-state index contributed by atoms with van der Waals surface area (Å²) in [6.45, 7) is 2.41. The molecule has 2 aromatic rings.